The average Bonchev–Trinajstić information content (AvgIpc) is 3.44. The number of carbonyl (C=O) groups excluding carboxylic acids is 2. The molecule has 0 spiro atoms. The first-order valence-corrected chi connectivity index (χ1v) is 10.8. The molecule has 1 aliphatic rings. The van der Waals surface area contributed by atoms with Gasteiger partial charge in [0.05, 0.1) is 11.8 Å². The minimum absolute atomic E-state index is 0.288. The minimum Gasteiger partial charge on any atom is -0.465 e. The number of pyridine rings is 1. The Bertz CT molecular complexity index is 1160. The topological polar surface area (TPSA) is 117 Å². The zero-order chi connectivity index (χ0) is 22.3. The van der Waals surface area contributed by atoms with Crippen molar-refractivity contribution in [2.24, 2.45) is 0 Å². The van der Waals surface area contributed by atoms with Crippen LogP contribution in [0, 0.1) is 11.3 Å². The van der Waals surface area contributed by atoms with Crippen molar-refractivity contribution in [2.45, 2.75) is 31.9 Å². The van der Waals surface area contributed by atoms with Crippen LogP contribution in [-0.4, -0.2) is 23.1 Å². The van der Waals surface area contributed by atoms with Crippen molar-refractivity contribution in [3.63, 3.8) is 0 Å². The highest BCUT2D eigenvalue weighted by molar-refractivity contribution is 7.16. The van der Waals surface area contributed by atoms with Gasteiger partial charge in [-0.05, 0) is 48.2 Å². The molecule has 8 nitrogen and oxygen atoms in total. The normalized spacial score (nSPS) is 15.0. The Balaban J connectivity index is 1.36. The van der Waals surface area contributed by atoms with E-state index in [1.165, 1.54) is 23.7 Å². The number of furan rings is 1. The van der Waals surface area contributed by atoms with E-state index in [-0.39, 0.29) is 12.0 Å². The Morgan fingerprint density at radius 3 is 3.03 bits per heavy atom. The van der Waals surface area contributed by atoms with Crippen molar-refractivity contribution in [3.8, 4) is 6.07 Å². The summed E-state index contributed by atoms with van der Waals surface area (Å²) in [5, 5.41) is 15.6. The zero-order valence-electron chi connectivity index (χ0n) is 17.0. The number of alkyl carbamates (subject to hydrolysis) is 1. The lowest BCUT2D eigenvalue weighted by atomic mass is 9.94. The van der Waals surface area contributed by atoms with Crippen molar-refractivity contribution < 1.29 is 18.7 Å². The lowest BCUT2D eigenvalue weighted by Gasteiger charge is -2.22. The minimum atomic E-state index is -0.490. The van der Waals surface area contributed by atoms with Crippen LogP contribution in [0.2, 0.25) is 0 Å². The van der Waals surface area contributed by atoms with Crippen LogP contribution in [-0.2, 0) is 28.9 Å². The number of amides is 2. The van der Waals surface area contributed by atoms with Gasteiger partial charge in [-0.1, -0.05) is 6.07 Å². The number of rotatable bonds is 6. The van der Waals surface area contributed by atoms with Crippen LogP contribution in [0.1, 0.15) is 33.7 Å². The molecule has 2 amide bonds. The van der Waals surface area contributed by atoms with Gasteiger partial charge in [0.15, 0.2) is 0 Å². The van der Waals surface area contributed by atoms with Crippen LogP contribution < -0.4 is 10.6 Å². The van der Waals surface area contributed by atoms with E-state index < -0.39 is 6.09 Å². The number of hydrogen-bond donors (Lipinski definition) is 2. The molecule has 9 heteroatoms. The molecule has 0 bridgehead atoms. The predicted molar refractivity (Wildman–Crippen MR) is 119 cm³/mol. The van der Waals surface area contributed by atoms with Gasteiger partial charge < -0.3 is 19.8 Å². The second-order valence-electron chi connectivity index (χ2n) is 7.14. The molecule has 3 heterocycles. The summed E-state index contributed by atoms with van der Waals surface area (Å²) in [5.41, 5.74) is 2.27. The van der Waals surface area contributed by atoms with E-state index in [2.05, 4.69) is 21.7 Å². The fraction of sp³-hybridized carbons (Fsp3) is 0.217. The summed E-state index contributed by atoms with van der Waals surface area (Å²) in [6.45, 7) is 0.337. The highest BCUT2D eigenvalue weighted by Gasteiger charge is 2.28. The van der Waals surface area contributed by atoms with Crippen LogP contribution in [0.15, 0.2) is 53.4 Å². The second-order valence-corrected chi connectivity index (χ2v) is 8.25. The van der Waals surface area contributed by atoms with Gasteiger partial charge in [0, 0.05) is 36.3 Å². The Kier molecular flexibility index (Phi) is 6.63. The van der Waals surface area contributed by atoms with Gasteiger partial charge >= 0.3 is 6.09 Å². The molecule has 0 aliphatic heterocycles. The number of carbonyl (C=O) groups is 2. The Hall–Kier alpha value is -3.90. The third-order valence-corrected chi connectivity index (χ3v) is 6.11. The summed E-state index contributed by atoms with van der Waals surface area (Å²) in [6.07, 6.45) is 8.74. The standard InChI is InChI=1S/C23H20N4O4S/c24-12-19-18-7-5-17(31-23(29)26-14-15-3-1-9-25-13-15)11-20(18)32-22(19)27-21(28)8-6-16-4-2-10-30-16/h1-4,6,8-10,13,17H,5,7,11,14H2,(H,26,29)(H,27,28). The number of ether oxygens (including phenoxy) is 1. The first kappa shape index (κ1) is 21.3. The van der Waals surface area contributed by atoms with Crippen molar-refractivity contribution >= 4 is 34.4 Å². The van der Waals surface area contributed by atoms with Crippen LogP contribution in [0.3, 0.4) is 0 Å². The molecule has 32 heavy (non-hydrogen) atoms. The van der Waals surface area contributed by atoms with Gasteiger partial charge in [-0.15, -0.1) is 11.3 Å². The first-order valence-electron chi connectivity index (χ1n) is 10.0. The number of thiophene rings is 1. The summed E-state index contributed by atoms with van der Waals surface area (Å²) in [7, 11) is 0. The molecule has 4 rings (SSSR count). The summed E-state index contributed by atoms with van der Waals surface area (Å²) < 4.78 is 10.7. The molecule has 1 aliphatic carbocycles. The van der Waals surface area contributed by atoms with Crippen LogP contribution in [0.5, 0.6) is 0 Å². The maximum absolute atomic E-state index is 12.3. The van der Waals surface area contributed by atoms with E-state index in [0.29, 0.717) is 42.1 Å². The smallest absolute Gasteiger partial charge is 0.407 e. The molecule has 1 atom stereocenters. The van der Waals surface area contributed by atoms with Gasteiger partial charge in [0.2, 0.25) is 5.91 Å². The fourth-order valence-corrected chi connectivity index (χ4v) is 4.70. The van der Waals surface area contributed by atoms with E-state index in [1.807, 2.05) is 6.07 Å². The van der Waals surface area contributed by atoms with E-state index in [1.54, 1.807) is 36.7 Å². The molecule has 0 saturated heterocycles. The Labute approximate surface area is 188 Å². The summed E-state index contributed by atoms with van der Waals surface area (Å²) in [6, 6.07) is 9.34. The lowest BCUT2D eigenvalue weighted by molar-refractivity contribution is -0.111. The number of anilines is 1. The highest BCUT2D eigenvalue weighted by Crippen LogP contribution is 2.38. The maximum atomic E-state index is 12.3. The Morgan fingerprint density at radius 1 is 1.38 bits per heavy atom. The van der Waals surface area contributed by atoms with Gasteiger partial charge in [-0.2, -0.15) is 5.26 Å². The summed E-state index contributed by atoms with van der Waals surface area (Å²) in [4.78, 5) is 29.4. The third kappa shape index (κ3) is 5.22. The molecular weight excluding hydrogens is 428 g/mol. The van der Waals surface area contributed by atoms with Crippen molar-refractivity contribution in [3.05, 3.63) is 76.3 Å². The molecule has 0 saturated carbocycles. The molecule has 0 aromatic carbocycles. The van der Waals surface area contributed by atoms with Crippen LogP contribution in [0.25, 0.3) is 6.08 Å². The molecule has 3 aromatic rings. The Morgan fingerprint density at radius 2 is 2.28 bits per heavy atom. The van der Waals surface area contributed by atoms with Crippen LogP contribution in [0.4, 0.5) is 9.80 Å². The van der Waals surface area contributed by atoms with Crippen LogP contribution >= 0.6 is 11.3 Å². The van der Waals surface area contributed by atoms with Gasteiger partial charge in [-0.25, -0.2) is 4.79 Å². The number of hydrogen-bond acceptors (Lipinski definition) is 7. The van der Waals surface area contributed by atoms with Gasteiger partial charge in [0.25, 0.3) is 0 Å². The largest absolute Gasteiger partial charge is 0.465 e. The molecule has 0 radical (unpaired) electrons. The fourth-order valence-electron chi connectivity index (χ4n) is 3.43. The zero-order valence-corrected chi connectivity index (χ0v) is 17.9. The van der Waals surface area contributed by atoms with Crippen molar-refractivity contribution in [2.75, 3.05) is 5.32 Å². The molecule has 0 fully saturated rings. The maximum Gasteiger partial charge on any atom is 0.407 e. The van der Waals surface area contributed by atoms with E-state index in [0.717, 1.165) is 16.0 Å². The summed E-state index contributed by atoms with van der Waals surface area (Å²) >= 11 is 1.35. The quantitative estimate of drug-likeness (QED) is 0.550. The predicted octanol–water partition coefficient (Wildman–Crippen LogP) is 4.04. The number of nitriles is 1. The molecule has 3 aromatic heterocycles. The van der Waals surface area contributed by atoms with E-state index in [9.17, 15) is 14.9 Å². The number of nitrogens with one attached hydrogen (secondary N) is 2. The SMILES string of the molecule is N#Cc1c(NC(=O)C=Cc2ccco2)sc2c1CCC(OC(=O)NCc1cccnc1)C2. The monoisotopic (exact) mass is 448 g/mol. The second kappa shape index (κ2) is 9.94. The van der Waals surface area contributed by atoms with Crippen molar-refractivity contribution in [1.82, 2.24) is 10.3 Å². The van der Waals surface area contributed by atoms with Crippen molar-refractivity contribution in [1.29, 1.82) is 5.26 Å². The third-order valence-electron chi connectivity index (χ3n) is 4.94. The molecule has 162 valence electrons. The molecule has 1 unspecified atom stereocenters. The summed E-state index contributed by atoms with van der Waals surface area (Å²) in [5.74, 6) is 0.215. The lowest BCUT2D eigenvalue weighted by Crippen LogP contribution is -2.31. The number of nitrogens with zero attached hydrogens (tertiary/aromatic N) is 2. The highest BCUT2D eigenvalue weighted by atomic mass is 32.1. The molecule has 2 N–H and O–H groups in total. The average molecular weight is 449 g/mol. The van der Waals surface area contributed by atoms with E-state index >= 15 is 0 Å². The molecular formula is C23H20N4O4S. The van der Waals surface area contributed by atoms with Gasteiger partial charge in [0.1, 0.15) is 22.9 Å². The van der Waals surface area contributed by atoms with Gasteiger partial charge in [-0.3, -0.25) is 9.78 Å². The van der Waals surface area contributed by atoms with E-state index in [4.69, 9.17) is 9.15 Å². The number of fused-ring (bicyclic) bond motifs is 1. The first-order chi connectivity index (χ1) is 15.6. The number of aromatic nitrogens is 1.